The van der Waals surface area contributed by atoms with Crippen LogP contribution >= 0.6 is 11.6 Å². The Hall–Kier alpha value is -3.78. The highest BCUT2D eigenvalue weighted by atomic mass is 35.5. The fourth-order valence-electron chi connectivity index (χ4n) is 2.90. The molecule has 0 aliphatic carbocycles. The molecular formula is C22H17ClN4O4. The van der Waals surface area contributed by atoms with Gasteiger partial charge in [-0.25, -0.2) is 9.48 Å². The van der Waals surface area contributed by atoms with Gasteiger partial charge in [0.2, 0.25) is 17.0 Å². The number of aryl methyl sites for hydroxylation is 1. The second-order valence-corrected chi connectivity index (χ2v) is 7.18. The van der Waals surface area contributed by atoms with Crippen LogP contribution in [0.3, 0.4) is 0 Å². The molecule has 8 nitrogen and oxygen atoms in total. The molecule has 156 valence electrons. The molecule has 0 fully saturated rings. The van der Waals surface area contributed by atoms with E-state index in [4.69, 9.17) is 20.8 Å². The van der Waals surface area contributed by atoms with E-state index in [0.717, 1.165) is 5.56 Å². The minimum atomic E-state index is -0.889. The average Bonchev–Trinajstić information content (AvgIpc) is 3.26. The maximum Gasteiger partial charge on any atom is 0.363 e. The predicted molar refractivity (Wildman–Crippen MR) is 113 cm³/mol. The van der Waals surface area contributed by atoms with Gasteiger partial charge < -0.3 is 9.15 Å². The largest absolute Gasteiger partial charge is 0.448 e. The van der Waals surface area contributed by atoms with Gasteiger partial charge in [0.25, 0.3) is 5.89 Å². The Labute approximate surface area is 182 Å². The number of hydrogen-bond acceptors (Lipinski definition) is 7. The van der Waals surface area contributed by atoms with Gasteiger partial charge in [0.15, 0.2) is 6.10 Å². The molecule has 31 heavy (non-hydrogen) atoms. The fraction of sp³-hybridized carbons (Fsp3) is 0.136. The molecule has 0 bridgehead atoms. The van der Waals surface area contributed by atoms with E-state index < -0.39 is 17.5 Å². The molecule has 0 saturated heterocycles. The van der Waals surface area contributed by atoms with Crippen LogP contribution < -0.4 is 5.43 Å². The SMILES string of the molecule is Cc1cc(=O)c(C(=O)OC(C)c2nnc(-c3ccccc3)o2)nn1-c1ccc(Cl)cc1. The van der Waals surface area contributed by atoms with Crippen LogP contribution in [-0.2, 0) is 4.74 Å². The summed E-state index contributed by atoms with van der Waals surface area (Å²) < 4.78 is 12.4. The molecule has 0 aliphatic heterocycles. The lowest BCUT2D eigenvalue weighted by Gasteiger charge is -2.12. The summed E-state index contributed by atoms with van der Waals surface area (Å²) in [7, 11) is 0. The molecular weight excluding hydrogens is 420 g/mol. The maximum atomic E-state index is 12.7. The van der Waals surface area contributed by atoms with E-state index >= 15 is 0 Å². The lowest BCUT2D eigenvalue weighted by Crippen LogP contribution is -2.25. The van der Waals surface area contributed by atoms with Crippen molar-refractivity contribution in [2.45, 2.75) is 20.0 Å². The van der Waals surface area contributed by atoms with Crippen LogP contribution in [0.5, 0.6) is 0 Å². The molecule has 9 heteroatoms. The Balaban J connectivity index is 1.57. The average molecular weight is 437 g/mol. The van der Waals surface area contributed by atoms with Crippen molar-refractivity contribution < 1.29 is 13.9 Å². The maximum absolute atomic E-state index is 12.7. The van der Waals surface area contributed by atoms with E-state index in [1.165, 1.54) is 10.7 Å². The molecule has 4 aromatic rings. The molecule has 2 aromatic heterocycles. The molecule has 0 aliphatic rings. The second-order valence-electron chi connectivity index (χ2n) is 6.75. The topological polar surface area (TPSA) is 100 Å². The van der Waals surface area contributed by atoms with Crippen LogP contribution in [0.2, 0.25) is 5.02 Å². The Bertz CT molecular complexity index is 1280. The van der Waals surface area contributed by atoms with Gasteiger partial charge in [0.1, 0.15) is 0 Å². The zero-order chi connectivity index (χ0) is 22.0. The van der Waals surface area contributed by atoms with Crippen molar-refractivity contribution >= 4 is 17.6 Å². The van der Waals surface area contributed by atoms with Crippen molar-refractivity contribution in [1.82, 2.24) is 20.0 Å². The summed E-state index contributed by atoms with van der Waals surface area (Å²) in [5.74, 6) is -0.478. The monoisotopic (exact) mass is 436 g/mol. The molecule has 0 amide bonds. The zero-order valence-electron chi connectivity index (χ0n) is 16.7. The van der Waals surface area contributed by atoms with Gasteiger partial charge in [-0.05, 0) is 50.2 Å². The number of aromatic nitrogens is 4. The van der Waals surface area contributed by atoms with Crippen molar-refractivity contribution in [1.29, 1.82) is 0 Å². The highest BCUT2D eigenvalue weighted by molar-refractivity contribution is 6.30. The van der Waals surface area contributed by atoms with Crippen molar-refractivity contribution in [2.24, 2.45) is 0 Å². The third-order valence-corrected chi connectivity index (χ3v) is 4.72. The standard InChI is InChI=1S/C22H17ClN4O4/c1-13-12-18(28)19(26-27(13)17-10-8-16(23)9-11-17)22(29)30-14(2)20-24-25-21(31-20)15-6-4-3-5-7-15/h3-12,14H,1-2H3. The zero-order valence-corrected chi connectivity index (χ0v) is 17.4. The Kier molecular flexibility index (Phi) is 5.64. The first-order valence-corrected chi connectivity index (χ1v) is 9.77. The summed E-state index contributed by atoms with van der Waals surface area (Å²) in [6.45, 7) is 3.29. The van der Waals surface area contributed by atoms with Gasteiger partial charge in [-0.3, -0.25) is 4.79 Å². The highest BCUT2D eigenvalue weighted by Gasteiger charge is 2.23. The Morgan fingerprint density at radius 1 is 1.10 bits per heavy atom. The van der Waals surface area contributed by atoms with Crippen LogP contribution in [0.1, 0.15) is 35.1 Å². The van der Waals surface area contributed by atoms with Gasteiger partial charge in [-0.2, -0.15) is 5.10 Å². The lowest BCUT2D eigenvalue weighted by molar-refractivity contribution is 0.0269. The smallest absolute Gasteiger partial charge is 0.363 e. The first-order valence-electron chi connectivity index (χ1n) is 9.39. The number of halogens is 1. The van der Waals surface area contributed by atoms with Crippen LogP contribution in [0, 0.1) is 6.92 Å². The first kappa shape index (κ1) is 20.5. The van der Waals surface area contributed by atoms with Gasteiger partial charge >= 0.3 is 5.97 Å². The minimum Gasteiger partial charge on any atom is -0.448 e. The minimum absolute atomic E-state index is 0.109. The van der Waals surface area contributed by atoms with Crippen LogP contribution in [0.25, 0.3) is 17.1 Å². The molecule has 2 aromatic carbocycles. The van der Waals surface area contributed by atoms with Crippen molar-refractivity contribution in [3.63, 3.8) is 0 Å². The molecule has 1 unspecified atom stereocenters. The van der Waals surface area contributed by atoms with Crippen molar-refractivity contribution in [3.05, 3.63) is 93.2 Å². The van der Waals surface area contributed by atoms with E-state index in [-0.39, 0.29) is 11.6 Å². The molecule has 0 N–H and O–H groups in total. The lowest BCUT2D eigenvalue weighted by atomic mass is 10.2. The highest BCUT2D eigenvalue weighted by Crippen LogP contribution is 2.22. The second kappa shape index (κ2) is 8.53. The van der Waals surface area contributed by atoms with E-state index in [0.29, 0.717) is 22.3 Å². The third kappa shape index (κ3) is 4.39. The third-order valence-electron chi connectivity index (χ3n) is 4.46. The van der Waals surface area contributed by atoms with E-state index in [1.807, 2.05) is 30.3 Å². The summed E-state index contributed by atoms with van der Waals surface area (Å²) in [5.41, 5.74) is 1.05. The van der Waals surface area contributed by atoms with Crippen LogP contribution in [-0.4, -0.2) is 25.9 Å². The quantitative estimate of drug-likeness (QED) is 0.433. The van der Waals surface area contributed by atoms with Crippen LogP contribution in [0.15, 0.2) is 69.9 Å². The summed E-state index contributed by atoms with van der Waals surface area (Å²) in [6, 6.07) is 17.4. The molecule has 4 rings (SSSR count). The predicted octanol–water partition coefficient (Wildman–Crippen LogP) is 4.16. The van der Waals surface area contributed by atoms with E-state index in [2.05, 4.69) is 15.3 Å². The summed E-state index contributed by atoms with van der Waals surface area (Å²) in [5, 5.41) is 12.7. The summed E-state index contributed by atoms with van der Waals surface area (Å²) in [6.07, 6.45) is -0.871. The van der Waals surface area contributed by atoms with E-state index in [9.17, 15) is 9.59 Å². The van der Waals surface area contributed by atoms with Gasteiger partial charge in [-0.1, -0.05) is 29.8 Å². The number of esters is 1. The van der Waals surface area contributed by atoms with Gasteiger partial charge in [0.05, 0.1) is 5.69 Å². The fourth-order valence-corrected chi connectivity index (χ4v) is 3.02. The first-order chi connectivity index (χ1) is 14.9. The molecule has 0 spiro atoms. The summed E-state index contributed by atoms with van der Waals surface area (Å²) in [4.78, 5) is 25.0. The number of nitrogens with zero attached hydrogens (tertiary/aromatic N) is 4. The molecule has 0 saturated carbocycles. The van der Waals surface area contributed by atoms with Crippen molar-refractivity contribution in [3.8, 4) is 17.1 Å². The number of rotatable bonds is 5. The number of carbonyl (C=O) groups is 1. The molecule has 1 atom stereocenters. The van der Waals surface area contributed by atoms with Crippen LogP contribution in [0.4, 0.5) is 0 Å². The molecule has 2 heterocycles. The van der Waals surface area contributed by atoms with E-state index in [1.54, 1.807) is 38.1 Å². The van der Waals surface area contributed by atoms with Crippen molar-refractivity contribution in [2.75, 3.05) is 0 Å². The Morgan fingerprint density at radius 3 is 2.52 bits per heavy atom. The molecule has 0 radical (unpaired) electrons. The number of hydrogen-bond donors (Lipinski definition) is 0. The number of benzene rings is 2. The van der Waals surface area contributed by atoms with Gasteiger partial charge in [-0.15, -0.1) is 10.2 Å². The summed E-state index contributed by atoms with van der Waals surface area (Å²) >= 11 is 5.93. The van der Waals surface area contributed by atoms with Gasteiger partial charge in [0, 0.05) is 22.3 Å². The Morgan fingerprint density at radius 2 is 1.81 bits per heavy atom. The number of ether oxygens (including phenoxy) is 1. The number of carbonyl (C=O) groups excluding carboxylic acids is 1. The normalized spacial score (nSPS) is 11.8.